The average molecular weight is 418 g/mol. The van der Waals surface area contributed by atoms with E-state index in [-0.39, 0.29) is 10.6 Å². The number of nitrogens with zero attached hydrogens (tertiary/aromatic N) is 1. The number of nitrogen functional groups attached to an aromatic ring is 1. The maximum atomic E-state index is 12.2. The number of nitrogens with two attached hydrogens (primary N) is 1. The Morgan fingerprint density at radius 2 is 1.67 bits per heavy atom. The summed E-state index contributed by atoms with van der Waals surface area (Å²) in [4.78, 5) is 0.0379. The molecule has 0 atom stereocenters. The lowest BCUT2D eigenvalue weighted by Crippen LogP contribution is -2.23. The molecule has 2 aromatic carbocycles. The van der Waals surface area contributed by atoms with Gasteiger partial charge in [-0.2, -0.15) is 0 Å². The van der Waals surface area contributed by atoms with Crippen LogP contribution in [-0.4, -0.2) is 26.8 Å². The van der Waals surface area contributed by atoms with E-state index in [0.29, 0.717) is 11.5 Å². The summed E-state index contributed by atoms with van der Waals surface area (Å²) in [7, 11) is -0.685. The minimum Gasteiger partial charge on any atom is -0.454 e. The number of hydrogen-bond donors (Lipinski definition) is 1. The number of benzene rings is 2. The van der Waals surface area contributed by atoms with Crippen LogP contribution in [0.15, 0.2) is 47.4 Å². The van der Waals surface area contributed by atoms with E-state index in [1.807, 2.05) is 18.2 Å². The summed E-state index contributed by atoms with van der Waals surface area (Å²) in [6.45, 7) is 0. The van der Waals surface area contributed by atoms with Crippen LogP contribution in [0.3, 0.4) is 0 Å². The predicted octanol–water partition coefficient (Wildman–Crippen LogP) is 2.92. The first kappa shape index (κ1) is 16.1. The molecule has 0 aliphatic heterocycles. The molecule has 0 amide bonds. The fraction of sp³-hybridized carbons (Fsp3) is 0.143. The maximum Gasteiger partial charge on any atom is 0.244 e. The maximum absolute atomic E-state index is 12.2. The Kier molecular flexibility index (Phi) is 4.74. The summed E-state index contributed by atoms with van der Waals surface area (Å²) < 4.78 is 32.2. The lowest BCUT2D eigenvalue weighted by atomic mass is 10.3. The SMILES string of the molecule is CN(C)S(=O)(=O)c1cccc(Oc2ccccc2I)c1N. The molecule has 112 valence electrons. The van der Waals surface area contributed by atoms with E-state index < -0.39 is 10.0 Å². The quantitative estimate of drug-likeness (QED) is 0.612. The second-order valence-electron chi connectivity index (χ2n) is 4.49. The highest BCUT2D eigenvalue weighted by Crippen LogP contribution is 2.34. The number of sulfonamides is 1. The van der Waals surface area contributed by atoms with Gasteiger partial charge >= 0.3 is 0 Å². The van der Waals surface area contributed by atoms with E-state index in [9.17, 15) is 8.42 Å². The molecule has 0 spiro atoms. The van der Waals surface area contributed by atoms with Crippen LogP contribution in [0.2, 0.25) is 0 Å². The van der Waals surface area contributed by atoms with Crippen molar-refractivity contribution < 1.29 is 13.2 Å². The molecule has 2 N–H and O–H groups in total. The van der Waals surface area contributed by atoms with Crippen molar-refractivity contribution in [3.05, 3.63) is 46.0 Å². The van der Waals surface area contributed by atoms with Gasteiger partial charge in [-0.15, -0.1) is 0 Å². The number of anilines is 1. The van der Waals surface area contributed by atoms with E-state index in [0.717, 1.165) is 7.88 Å². The number of ether oxygens (including phenoxy) is 1. The van der Waals surface area contributed by atoms with Gasteiger partial charge in [0, 0.05) is 14.1 Å². The van der Waals surface area contributed by atoms with Crippen LogP contribution >= 0.6 is 22.6 Å². The van der Waals surface area contributed by atoms with Crippen molar-refractivity contribution in [2.24, 2.45) is 0 Å². The van der Waals surface area contributed by atoms with Gasteiger partial charge in [0.2, 0.25) is 10.0 Å². The molecule has 21 heavy (non-hydrogen) atoms. The van der Waals surface area contributed by atoms with Gasteiger partial charge in [-0.1, -0.05) is 18.2 Å². The average Bonchev–Trinajstić information content (AvgIpc) is 2.43. The zero-order valence-corrected chi connectivity index (χ0v) is 14.6. The monoisotopic (exact) mass is 418 g/mol. The van der Waals surface area contributed by atoms with Crippen molar-refractivity contribution in [2.75, 3.05) is 19.8 Å². The first-order valence-electron chi connectivity index (χ1n) is 6.07. The number of rotatable bonds is 4. The summed E-state index contributed by atoms with van der Waals surface area (Å²) in [5.41, 5.74) is 6.07. The predicted molar refractivity (Wildman–Crippen MR) is 91.0 cm³/mol. The molecule has 0 aliphatic carbocycles. The zero-order chi connectivity index (χ0) is 15.6. The van der Waals surface area contributed by atoms with Gasteiger partial charge in [0.05, 0.1) is 9.26 Å². The van der Waals surface area contributed by atoms with Gasteiger partial charge in [0.1, 0.15) is 10.6 Å². The van der Waals surface area contributed by atoms with Crippen molar-refractivity contribution >= 4 is 38.3 Å². The highest BCUT2D eigenvalue weighted by Gasteiger charge is 2.22. The van der Waals surface area contributed by atoms with Gasteiger partial charge in [0.25, 0.3) is 0 Å². The fourth-order valence-corrected chi connectivity index (χ4v) is 3.20. The van der Waals surface area contributed by atoms with E-state index in [2.05, 4.69) is 22.6 Å². The van der Waals surface area contributed by atoms with Crippen molar-refractivity contribution in [3.63, 3.8) is 0 Å². The van der Waals surface area contributed by atoms with Crippen LogP contribution in [0.4, 0.5) is 5.69 Å². The normalized spacial score (nSPS) is 11.6. The molecule has 2 aromatic rings. The molecule has 7 heteroatoms. The molecule has 0 fully saturated rings. The van der Waals surface area contributed by atoms with Gasteiger partial charge in [0.15, 0.2) is 5.75 Å². The standard InChI is InChI=1S/C14H15IN2O3S/c1-17(2)21(18,19)13-9-5-8-12(14(13)16)20-11-7-4-3-6-10(11)15/h3-9H,16H2,1-2H3. The molecular weight excluding hydrogens is 403 g/mol. The Balaban J connectivity index is 2.47. The number of para-hydroxylation sites is 2. The minimum atomic E-state index is -3.61. The van der Waals surface area contributed by atoms with E-state index in [1.165, 1.54) is 20.2 Å². The lowest BCUT2D eigenvalue weighted by Gasteiger charge is -2.16. The van der Waals surface area contributed by atoms with Crippen molar-refractivity contribution in [3.8, 4) is 11.5 Å². The van der Waals surface area contributed by atoms with Crippen molar-refractivity contribution in [1.82, 2.24) is 4.31 Å². The smallest absolute Gasteiger partial charge is 0.244 e. The molecular formula is C14H15IN2O3S. The molecule has 5 nitrogen and oxygen atoms in total. The lowest BCUT2D eigenvalue weighted by molar-refractivity contribution is 0.479. The van der Waals surface area contributed by atoms with Crippen LogP contribution in [0.5, 0.6) is 11.5 Å². The highest BCUT2D eigenvalue weighted by atomic mass is 127. The number of hydrogen-bond acceptors (Lipinski definition) is 4. The van der Waals surface area contributed by atoms with Crippen molar-refractivity contribution in [2.45, 2.75) is 4.90 Å². The van der Waals surface area contributed by atoms with E-state index in [4.69, 9.17) is 10.5 Å². The van der Waals surface area contributed by atoms with Gasteiger partial charge in [-0.05, 0) is 46.9 Å². The molecule has 0 heterocycles. The zero-order valence-electron chi connectivity index (χ0n) is 11.6. The molecule has 0 saturated heterocycles. The van der Waals surface area contributed by atoms with Crippen molar-refractivity contribution in [1.29, 1.82) is 0 Å². The van der Waals surface area contributed by atoms with Crippen LogP contribution in [0.25, 0.3) is 0 Å². The van der Waals surface area contributed by atoms with E-state index >= 15 is 0 Å². The molecule has 0 bridgehead atoms. The Labute approximate surface area is 137 Å². The van der Waals surface area contributed by atoms with Crippen LogP contribution in [0, 0.1) is 3.57 Å². The first-order chi connectivity index (χ1) is 9.84. The summed E-state index contributed by atoms with van der Waals surface area (Å²) >= 11 is 2.14. The topological polar surface area (TPSA) is 72.6 Å². The van der Waals surface area contributed by atoms with Gasteiger partial charge < -0.3 is 10.5 Å². The Morgan fingerprint density at radius 1 is 1.05 bits per heavy atom. The van der Waals surface area contributed by atoms with Gasteiger partial charge in [-0.3, -0.25) is 0 Å². The number of halogens is 1. The van der Waals surface area contributed by atoms with Gasteiger partial charge in [-0.25, -0.2) is 12.7 Å². The van der Waals surface area contributed by atoms with E-state index in [1.54, 1.807) is 18.2 Å². The largest absolute Gasteiger partial charge is 0.454 e. The Morgan fingerprint density at radius 3 is 2.29 bits per heavy atom. The van der Waals surface area contributed by atoms with Crippen LogP contribution < -0.4 is 10.5 Å². The molecule has 0 saturated carbocycles. The van der Waals surface area contributed by atoms with Crippen LogP contribution in [-0.2, 0) is 10.0 Å². The molecule has 0 unspecified atom stereocenters. The second-order valence-corrected chi connectivity index (χ2v) is 7.77. The highest BCUT2D eigenvalue weighted by molar-refractivity contribution is 14.1. The summed E-state index contributed by atoms with van der Waals surface area (Å²) in [5, 5.41) is 0. The first-order valence-corrected chi connectivity index (χ1v) is 8.59. The Bertz CT molecular complexity index is 761. The molecule has 0 aliphatic rings. The summed E-state index contributed by atoms with van der Waals surface area (Å²) in [5.74, 6) is 0.950. The third kappa shape index (κ3) is 3.30. The minimum absolute atomic E-state index is 0.0379. The summed E-state index contributed by atoms with van der Waals surface area (Å²) in [6, 6.07) is 12.2. The van der Waals surface area contributed by atoms with Crippen LogP contribution in [0.1, 0.15) is 0 Å². The third-order valence-corrected chi connectivity index (χ3v) is 5.61. The third-order valence-electron chi connectivity index (χ3n) is 2.84. The fourth-order valence-electron chi connectivity index (χ4n) is 1.68. The molecule has 0 aromatic heterocycles. The summed E-state index contributed by atoms with van der Waals surface area (Å²) in [6.07, 6.45) is 0. The molecule has 2 rings (SSSR count). The Hall–Kier alpha value is -1.32. The molecule has 0 radical (unpaired) electrons. The second kappa shape index (κ2) is 6.20.